The topological polar surface area (TPSA) is 79.4 Å². The van der Waals surface area contributed by atoms with Crippen molar-refractivity contribution in [2.75, 3.05) is 11.9 Å². The van der Waals surface area contributed by atoms with Crippen molar-refractivity contribution in [1.82, 2.24) is 9.88 Å². The molecule has 0 radical (unpaired) electrons. The fourth-order valence-electron chi connectivity index (χ4n) is 4.37. The van der Waals surface area contributed by atoms with E-state index in [0.29, 0.717) is 10.2 Å². The van der Waals surface area contributed by atoms with Crippen LogP contribution in [0.5, 0.6) is 0 Å². The zero-order chi connectivity index (χ0) is 18.0. The summed E-state index contributed by atoms with van der Waals surface area (Å²) in [6.45, 7) is -0.263. The fourth-order valence-corrected chi connectivity index (χ4v) is 5.53. The van der Waals surface area contributed by atoms with Gasteiger partial charge in [-0.2, -0.15) is 0 Å². The Kier molecular flexibility index (Phi) is 3.45. The number of anilines is 1. The van der Waals surface area contributed by atoms with Crippen LogP contribution < -0.4 is 5.32 Å². The molecular formula is C18H14ClN3O3S. The van der Waals surface area contributed by atoms with Gasteiger partial charge in [-0.05, 0) is 36.5 Å². The van der Waals surface area contributed by atoms with Gasteiger partial charge >= 0.3 is 0 Å². The van der Waals surface area contributed by atoms with E-state index in [9.17, 15) is 14.4 Å². The minimum atomic E-state index is -0.419. The molecule has 1 aliphatic heterocycles. The largest absolute Gasteiger partial charge is 0.300 e. The molecular weight excluding hydrogens is 374 g/mol. The molecule has 2 aromatic rings. The highest BCUT2D eigenvalue weighted by Gasteiger charge is 2.59. The molecule has 1 aromatic heterocycles. The molecule has 8 heteroatoms. The molecule has 3 aliphatic rings. The summed E-state index contributed by atoms with van der Waals surface area (Å²) in [5.41, 5.74) is 0.736. The number of carbonyl (C=O) groups excluding carboxylic acids is 3. The van der Waals surface area contributed by atoms with Crippen molar-refractivity contribution < 1.29 is 14.4 Å². The first-order valence-corrected chi connectivity index (χ1v) is 9.60. The Bertz CT molecular complexity index is 971. The van der Waals surface area contributed by atoms with Gasteiger partial charge in [0, 0.05) is 5.02 Å². The molecule has 2 heterocycles. The summed E-state index contributed by atoms with van der Waals surface area (Å²) >= 11 is 7.26. The minimum absolute atomic E-state index is 0.142. The maximum absolute atomic E-state index is 12.6. The van der Waals surface area contributed by atoms with Gasteiger partial charge in [0.15, 0.2) is 5.13 Å². The van der Waals surface area contributed by atoms with Gasteiger partial charge in [-0.25, -0.2) is 4.98 Å². The van der Waals surface area contributed by atoms with Crippen LogP contribution >= 0.6 is 22.9 Å². The number of allylic oxidation sites excluding steroid dienone is 2. The SMILES string of the molecule is O=C(CN1C(=O)C2C3C=CC(C3)C2C1=O)Nc1nc2ccc(Cl)cc2s1. The molecule has 4 unspecified atom stereocenters. The van der Waals surface area contributed by atoms with Crippen LogP contribution in [0.15, 0.2) is 30.4 Å². The van der Waals surface area contributed by atoms with Crippen molar-refractivity contribution in [2.24, 2.45) is 23.7 Å². The highest BCUT2D eigenvalue weighted by atomic mass is 35.5. The summed E-state index contributed by atoms with van der Waals surface area (Å²) in [4.78, 5) is 43.0. The van der Waals surface area contributed by atoms with Crippen molar-refractivity contribution in [1.29, 1.82) is 0 Å². The second-order valence-corrected chi connectivity index (χ2v) is 8.41. The predicted octanol–water partition coefficient (Wildman–Crippen LogP) is 2.70. The van der Waals surface area contributed by atoms with E-state index in [1.807, 2.05) is 12.2 Å². The first kappa shape index (κ1) is 16.0. The van der Waals surface area contributed by atoms with E-state index < -0.39 is 5.91 Å². The average molecular weight is 388 g/mol. The number of nitrogens with one attached hydrogen (secondary N) is 1. The summed E-state index contributed by atoms with van der Waals surface area (Å²) < 4.78 is 0.860. The quantitative estimate of drug-likeness (QED) is 0.648. The Morgan fingerprint density at radius 1 is 1.23 bits per heavy atom. The van der Waals surface area contributed by atoms with Gasteiger partial charge in [-0.1, -0.05) is 35.1 Å². The molecule has 6 nitrogen and oxygen atoms in total. The molecule has 1 N–H and O–H groups in total. The van der Waals surface area contributed by atoms with Gasteiger partial charge in [0.05, 0.1) is 22.1 Å². The maximum atomic E-state index is 12.6. The Morgan fingerprint density at radius 2 is 1.92 bits per heavy atom. The molecule has 2 bridgehead atoms. The van der Waals surface area contributed by atoms with E-state index >= 15 is 0 Å². The van der Waals surface area contributed by atoms with Crippen molar-refractivity contribution in [3.63, 3.8) is 0 Å². The number of hydrogen-bond acceptors (Lipinski definition) is 5. The van der Waals surface area contributed by atoms with Gasteiger partial charge in [0.1, 0.15) is 6.54 Å². The summed E-state index contributed by atoms with van der Waals surface area (Å²) in [6.07, 6.45) is 4.95. The van der Waals surface area contributed by atoms with E-state index in [4.69, 9.17) is 11.6 Å². The maximum Gasteiger partial charge on any atom is 0.246 e. The van der Waals surface area contributed by atoms with Crippen molar-refractivity contribution in [3.05, 3.63) is 35.4 Å². The second kappa shape index (κ2) is 5.62. The third-order valence-corrected chi connectivity index (χ3v) is 6.63. The number of fused-ring (bicyclic) bond motifs is 6. The predicted molar refractivity (Wildman–Crippen MR) is 97.7 cm³/mol. The second-order valence-electron chi connectivity index (χ2n) is 6.94. The highest BCUT2D eigenvalue weighted by Crippen LogP contribution is 2.52. The first-order chi connectivity index (χ1) is 12.5. The van der Waals surface area contributed by atoms with Crippen LogP contribution in [0, 0.1) is 23.7 Å². The molecule has 26 heavy (non-hydrogen) atoms. The number of likely N-dealkylation sites (tertiary alicyclic amines) is 1. The molecule has 2 aliphatic carbocycles. The first-order valence-electron chi connectivity index (χ1n) is 8.41. The van der Waals surface area contributed by atoms with Crippen LogP contribution in [0.1, 0.15) is 6.42 Å². The molecule has 1 aromatic carbocycles. The summed E-state index contributed by atoms with van der Waals surface area (Å²) in [7, 11) is 0. The number of thiazole rings is 1. The Morgan fingerprint density at radius 3 is 2.62 bits per heavy atom. The Hall–Kier alpha value is -2.25. The summed E-state index contributed by atoms with van der Waals surface area (Å²) in [5.74, 6) is -1.14. The zero-order valence-corrected chi connectivity index (χ0v) is 15.1. The van der Waals surface area contributed by atoms with Crippen LogP contribution in [0.2, 0.25) is 5.02 Å². The van der Waals surface area contributed by atoms with E-state index in [1.54, 1.807) is 18.2 Å². The van der Waals surface area contributed by atoms with Crippen LogP contribution in [0.4, 0.5) is 5.13 Å². The molecule has 4 atom stereocenters. The molecule has 5 rings (SSSR count). The van der Waals surface area contributed by atoms with Crippen molar-refractivity contribution >= 4 is 56.0 Å². The lowest BCUT2D eigenvalue weighted by Crippen LogP contribution is -2.39. The summed E-state index contributed by atoms with van der Waals surface area (Å²) in [5, 5.41) is 3.71. The van der Waals surface area contributed by atoms with Gasteiger partial charge in [-0.15, -0.1) is 0 Å². The molecule has 132 valence electrons. The fraction of sp³-hybridized carbons (Fsp3) is 0.333. The number of halogens is 1. The normalized spacial score (nSPS) is 29.0. The number of aromatic nitrogens is 1. The number of rotatable bonds is 3. The number of hydrogen-bond donors (Lipinski definition) is 1. The number of benzene rings is 1. The highest BCUT2D eigenvalue weighted by molar-refractivity contribution is 7.22. The van der Waals surface area contributed by atoms with Crippen LogP contribution in [-0.4, -0.2) is 34.2 Å². The van der Waals surface area contributed by atoms with E-state index in [2.05, 4.69) is 10.3 Å². The lowest BCUT2D eigenvalue weighted by molar-refractivity contribution is -0.143. The van der Waals surface area contributed by atoms with Gasteiger partial charge in [-0.3, -0.25) is 19.3 Å². The number of carbonyl (C=O) groups is 3. The molecule has 2 fully saturated rings. The molecule has 1 saturated carbocycles. The van der Waals surface area contributed by atoms with Gasteiger partial charge < -0.3 is 5.32 Å². The molecule has 0 spiro atoms. The average Bonchev–Trinajstić information content (AvgIpc) is 3.34. The van der Waals surface area contributed by atoms with Gasteiger partial charge in [0.25, 0.3) is 0 Å². The van der Waals surface area contributed by atoms with Crippen LogP contribution in [0.3, 0.4) is 0 Å². The lowest BCUT2D eigenvalue weighted by Gasteiger charge is -2.16. The molecule has 1 saturated heterocycles. The summed E-state index contributed by atoms with van der Waals surface area (Å²) in [6, 6.07) is 5.29. The monoisotopic (exact) mass is 387 g/mol. The number of nitrogens with zero attached hydrogens (tertiary/aromatic N) is 2. The minimum Gasteiger partial charge on any atom is -0.300 e. The van der Waals surface area contributed by atoms with Crippen LogP contribution in [0.25, 0.3) is 10.2 Å². The lowest BCUT2D eigenvalue weighted by atomic mass is 9.85. The zero-order valence-electron chi connectivity index (χ0n) is 13.5. The molecule has 3 amide bonds. The Labute approximate surface area is 157 Å². The van der Waals surface area contributed by atoms with E-state index in [1.165, 1.54) is 11.3 Å². The standard InChI is InChI=1S/C18H14ClN3O3S/c19-10-3-4-11-12(6-10)26-18(20-11)21-13(23)7-22-16(24)14-8-1-2-9(5-8)15(14)17(22)25/h1-4,6,8-9,14-15H,5,7H2,(H,20,21,23). The third kappa shape index (κ3) is 2.30. The van der Waals surface area contributed by atoms with Crippen molar-refractivity contribution in [2.45, 2.75) is 6.42 Å². The van der Waals surface area contributed by atoms with Crippen LogP contribution in [-0.2, 0) is 14.4 Å². The number of amides is 3. The van der Waals surface area contributed by atoms with E-state index in [0.717, 1.165) is 21.5 Å². The Balaban J connectivity index is 1.31. The third-order valence-electron chi connectivity index (χ3n) is 5.46. The van der Waals surface area contributed by atoms with Crippen molar-refractivity contribution in [3.8, 4) is 0 Å². The van der Waals surface area contributed by atoms with Gasteiger partial charge in [0.2, 0.25) is 17.7 Å². The smallest absolute Gasteiger partial charge is 0.246 e. The van der Waals surface area contributed by atoms with E-state index in [-0.39, 0.29) is 42.0 Å². The number of imide groups is 1.